The molecule has 0 fully saturated rings. The molecule has 0 saturated carbocycles. The minimum atomic E-state index is -1.86. The van der Waals surface area contributed by atoms with E-state index in [9.17, 15) is 4.79 Å². The van der Waals surface area contributed by atoms with E-state index in [2.05, 4.69) is 38.8 Å². The summed E-state index contributed by atoms with van der Waals surface area (Å²) >= 11 is 0. The maximum absolute atomic E-state index is 12.1. The number of esters is 1. The number of hydrogen-bond donors (Lipinski definition) is 0. The lowest BCUT2D eigenvalue weighted by Gasteiger charge is -2.36. The molecule has 0 aliphatic carbocycles. The van der Waals surface area contributed by atoms with Gasteiger partial charge in [0.1, 0.15) is 0 Å². The average molecular weight is 309 g/mol. The summed E-state index contributed by atoms with van der Waals surface area (Å²) < 4.78 is 11.4. The van der Waals surface area contributed by atoms with E-state index in [0.717, 1.165) is 5.56 Å². The van der Waals surface area contributed by atoms with Crippen LogP contribution in [0.2, 0.25) is 18.1 Å². The highest BCUT2D eigenvalue weighted by Crippen LogP contribution is 2.37. The predicted molar refractivity (Wildman–Crippen MR) is 86.8 cm³/mol. The molecule has 0 radical (unpaired) electrons. The second kappa shape index (κ2) is 6.71. The summed E-state index contributed by atoms with van der Waals surface area (Å²) in [5, 5.41) is 0.133. The molecule has 0 aliphatic heterocycles. The number of rotatable bonds is 5. The molecule has 0 aliphatic rings. The van der Waals surface area contributed by atoms with Crippen molar-refractivity contribution in [1.82, 2.24) is 4.98 Å². The summed E-state index contributed by atoms with van der Waals surface area (Å²) in [6, 6.07) is 3.69. The van der Waals surface area contributed by atoms with Crippen LogP contribution in [0.15, 0.2) is 18.3 Å². The SMILES string of the molecule is CC(C)OC(=O)c1ncccc1CO[Si](C)(C)C(C)(C)C. The van der Waals surface area contributed by atoms with Gasteiger partial charge < -0.3 is 9.16 Å². The van der Waals surface area contributed by atoms with Crippen LogP contribution in [-0.4, -0.2) is 25.4 Å². The highest BCUT2D eigenvalue weighted by Gasteiger charge is 2.37. The Kier molecular flexibility index (Phi) is 5.70. The molecule has 21 heavy (non-hydrogen) atoms. The Labute approximate surface area is 129 Å². The van der Waals surface area contributed by atoms with Gasteiger partial charge in [-0.3, -0.25) is 0 Å². The van der Waals surface area contributed by atoms with Crippen LogP contribution in [0.5, 0.6) is 0 Å². The molecule has 5 heteroatoms. The third-order valence-corrected chi connectivity index (χ3v) is 8.30. The Balaban J connectivity index is 2.88. The molecule has 0 saturated heterocycles. The van der Waals surface area contributed by atoms with E-state index in [-0.39, 0.29) is 17.1 Å². The van der Waals surface area contributed by atoms with E-state index in [4.69, 9.17) is 9.16 Å². The largest absolute Gasteiger partial charge is 0.458 e. The molecule has 0 unspecified atom stereocenters. The molecule has 1 aromatic heterocycles. The molecule has 1 aromatic rings. The standard InChI is InChI=1S/C16H27NO3Si/c1-12(2)20-15(18)14-13(9-8-10-17-14)11-19-21(6,7)16(3,4)5/h8-10,12H,11H2,1-7H3. The molecule has 0 atom stereocenters. The van der Waals surface area contributed by atoms with Gasteiger partial charge in [-0.1, -0.05) is 26.8 Å². The van der Waals surface area contributed by atoms with Gasteiger partial charge in [0.15, 0.2) is 14.0 Å². The number of ether oxygens (including phenoxy) is 1. The molecule has 0 bridgehead atoms. The van der Waals surface area contributed by atoms with Crippen LogP contribution in [0, 0.1) is 0 Å². The molecule has 1 heterocycles. The van der Waals surface area contributed by atoms with Gasteiger partial charge in [-0.15, -0.1) is 0 Å². The molecule has 1 rings (SSSR count). The van der Waals surface area contributed by atoms with Gasteiger partial charge in [-0.25, -0.2) is 9.78 Å². The number of carbonyl (C=O) groups excluding carboxylic acids is 1. The fourth-order valence-electron chi connectivity index (χ4n) is 1.48. The zero-order valence-electron chi connectivity index (χ0n) is 14.2. The fourth-order valence-corrected chi connectivity index (χ4v) is 2.43. The second-order valence-electron chi connectivity index (χ2n) is 7.01. The zero-order valence-corrected chi connectivity index (χ0v) is 15.2. The first-order valence-corrected chi connectivity index (χ1v) is 10.2. The molecule has 0 aromatic carbocycles. The average Bonchev–Trinajstić information content (AvgIpc) is 2.34. The minimum Gasteiger partial charge on any atom is -0.458 e. The highest BCUT2D eigenvalue weighted by atomic mass is 28.4. The van der Waals surface area contributed by atoms with Crippen LogP contribution in [0.25, 0.3) is 0 Å². The lowest BCUT2D eigenvalue weighted by Crippen LogP contribution is -2.40. The monoisotopic (exact) mass is 309 g/mol. The number of carbonyl (C=O) groups is 1. The number of pyridine rings is 1. The van der Waals surface area contributed by atoms with Crippen LogP contribution in [0.4, 0.5) is 0 Å². The van der Waals surface area contributed by atoms with Gasteiger partial charge in [0.05, 0.1) is 12.7 Å². The van der Waals surface area contributed by atoms with Crippen molar-refractivity contribution in [2.75, 3.05) is 0 Å². The zero-order chi connectivity index (χ0) is 16.3. The molecule has 118 valence electrons. The summed E-state index contributed by atoms with van der Waals surface area (Å²) in [4.78, 5) is 16.2. The Hall–Kier alpha value is -1.20. The van der Waals surface area contributed by atoms with E-state index >= 15 is 0 Å². The molecule has 4 nitrogen and oxygen atoms in total. The summed E-state index contributed by atoms with van der Waals surface area (Å²) in [6.07, 6.45) is 1.45. The van der Waals surface area contributed by atoms with E-state index < -0.39 is 8.32 Å². The van der Waals surface area contributed by atoms with Crippen LogP contribution >= 0.6 is 0 Å². The lowest BCUT2D eigenvalue weighted by atomic mass is 10.2. The number of hydrogen-bond acceptors (Lipinski definition) is 4. The first-order chi connectivity index (χ1) is 9.54. The van der Waals surface area contributed by atoms with Crippen molar-refractivity contribution in [3.63, 3.8) is 0 Å². The van der Waals surface area contributed by atoms with Crippen molar-refractivity contribution in [3.8, 4) is 0 Å². The number of nitrogens with zero attached hydrogens (tertiary/aromatic N) is 1. The van der Waals surface area contributed by atoms with Crippen molar-refractivity contribution >= 4 is 14.3 Å². The van der Waals surface area contributed by atoms with E-state index in [1.54, 1.807) is 6.20 Å². The fraction of sp³-hybridized carbons (Fsp3) is 0.625. The van der Waals surface area contributed by atoms with Crippen LogP contribution in [0.1, 0.15) is 50.7 Å². The summed E-state index contributed by atoms with van der Waals surface area (Å²) in [5.74, 6) is -0.389. The van der Waals surface area contributed by atoms with Crippen molar-refractivity contribution in [2.45, 2.75) is 65.5 Å². The van der Waals surface area contributed by atoms with Crippen molar-refractivity contribution in [2.24, 2.45) is 0 Å². The van der Waals surface area contributed by atoms with Gasteiger partial charge in [0.2, 0.25) is 0 Å². The van der Waals surface area contributed by atoms with Crippen LogP contribution in [-0.2, 0) is 15.8 Å². The van der Waals surface area contributed by atoms with Crippen molar-refractivity contribution in [1.29, 1.82) is 0 Å². The first-order valence-electron chi connectivity index (χ1n) is 7.33. The molecule has 0 N–H and O–H groups in total. The molecule has 0 amide bonds. The van der Waals surface area contributed by atoms with Crippen molar-refractivity contribution < 1.29 is 14.0 Å². The van der Waals surface area contributed by atoms with Gasteiger partial charge >= 0.3 is 5.97 Å². The second-order valence-corrected chi connectivity index (χ2v) is 11.8. The Morgan fingerprint density at radius 1 is 1.33 bits per heavy atom. The van der Waals surface area contributed by atoms with Crippen LogP contribution < -0.4 is 0 Å². The molecule has 0 spiro atoms. The highest BCUT2D eigenvalue weighted by molar-refractivity contribution is 6.74. The molecular formula is C16H27NO3Si. The summed E-state index contributed by atoms with van der Waals surface area (Å²) in [7, 11) is -1.86. The molecular weight excluding hydrogens is 282 g/mol. The van der Waals surface area contributed by atoms with Crippen molar-refractivity contribution in [3.05, 3.63) is 29.6 Å². The maximum Gasteiger partial charge on any atom is 0.357 e. The van der Waals surface area contributed by atoms with Gasteiger partial charge in [0, 0.05) is 11.8 Å². The third kappa shape index (κ3) is 4.93. The van der Waals surface area contributed by atoms with E-state index in [0.29, 0.717) is 12.3 Å². The number of aromatic nitrogens is 1. The van der Waals surface area contributed by atoms with E-state index in [1.807, 2.05) is 26.0 Å². The Morgan fingerprint density at radius 3 is 2.48 bits per heavy atom. The summed E-state index contributed by atoms with van der Waals surface area (Å²) in [5.41, 5.74) is 1.14. The topological polar surface area (TPSA) is 48.4 Å². The van der Waals surface area contributed by atoms with Crippen LogP contribution in [0.3, 0.4) is 0 Å². The smallest absolute Gasteiger partial charge is 0.357 e. The minimum absolute atomic E-state index is 0.133. The third-order valence-electron chi connectivity index (χ3n) is 3.82. The lowest BCUT2D eigenvalue weighted by molar-refractivity contribution is 0.0367. The quantitative estimate of drug-likeness (QED) is 0.605. The predicted octanol–water partition coefficient (Wildman–Crippen LogP) is 4.17. The van der Waals surface area contributed by atoms with Gasteiger partial charge in [-0.05, 0) is 38.0 Å². The van der Waals surface area contributed by atoms with Gasteiger partial charge in [0.25, 0.3) is 0 Å². The summed E-state index contributed by atoms with van der Waals surface area (Å²) in [6.45, 7) is 15.0. The normalized spacial score (nSPS) is 12.6. The van der Waals surface area contributed by atoms with Gasteiger partial charge in [-0.2, -0.15) is 0 Å². The first kappa shape index (κ1) is 17.8. The van der Waals surface area contributed by atoms with E-state index in [1.165, 1.54) is 0 Å². The Bertz CT molecular complexity index is 493. The Morgan fingerprint density at radius 2 is 1.95 bits per heavy atom. The maximum atomic E-state index is 12.1.